The Kier molecular flexibility index (Phi) is 29.9. The van der Waals surface area contributed by atoms with Crippen molar-refractivity contribution in [3.05, 3.63) is 222 Å². The number of halogens is 1. The van der Waals surface area contributed by atoms with E-state index in [0.717, 1.165) is 6.07 Å². The number of nitro benzene ring substituents is 1. The SMILES string of the molecule is C=CCOC(=O)c1ccccc1OCC=C.C=CCOc1cc(Cl)ccc1C(=O)O.C=CCOc1cc(OC)ccc1C(=O)O.C=CCOc1ccc([N+](=O)[O-])cc1C(=O)O.C=CCOc1ccccc1C(=O)O. The average Bonchev–Trinajstić information content (AvgIpc) is 3.39. The Labute approximate surface area is 431 Å². The van der Waals surface area contributed by atoms with Crippen LogP contribution in [0.1, 0.15) is 51.8 Å². The van der Waals surface area contributed by atoms with Gasteiger partial charge in [0.15, 0.2) is 0 Å². The Bertz CT molecular complexity index is 2730. The number of carboxylic acids is 4. The number of esters is 1. The summed E-state index contributed by atoms with van der Waals surface area (Å²) < 4.78 is 35.8. The molecule has 0 radical (unpaired) electrons. The van der Waals surface area contributed by atoms with Gasteiger partial charge in [-0.15, -0.1) is 0 Å². The summed E-state index contributed by atoms with van der Waals surface area (Å²) in [6, 6.07) is 25.8. The average molecular weight is 1040 g/mol. The predicted octanol–water partition coefficient (Wildman–Crippen LogP) is 11.0. The molecule has 19 nitrogen and oxygen atoms in total. The predicted molar refractivity (Wildman–Crippen MR) is 277 cm³/mol. The number of methoxy groups -OCH3 is 1. The number of non-ortho nitro benzene ring substituents is 1. The standard InChI is InChI=1S/C13H14O3.C11H12O4.C10H9ClO3.C10H9NO5.C10H10O3/c1-3-9-15-12-8-6-5-7-11(12)13(14)16-10-4-2;1-3-6-15-10-7-8(14-2)4-5-9(10)11(12)13;1-2-5-14-9-6-7(11)3-4-8(9)10(12)13;1-2-5-16-9-4-3-7(11(14)15)6-8(9)10(12)13;1-2-7-13-9-6-4-3-5-8(9)10(11)12/h3-8H,1-2,9-10H2;3-5,7H,1,6H2,2H3,(H,12,13);2-4,6H,1,5H2,(H,12,13);2-4,6H,1,5H2,(H,12,13);2-6H,1,7H2,(H,11,12). The van der Waals surface area contributed by atoms with E-state index in [1.165, 1.54) is 73.9 Å². The molecule has 5 aromatic rings. The highest BCUT2D eigenvalue weighted by atomic mass is 35.5. The molecular weight excluding hydrogens is 986 g/mol. The highest BCUT2D eigenvalue weighted by Gasteiger charge is 2.17. The summed E-state index contributed by atoms with van der Waals surface area (Å²) in [7, 11) is 1.51. The Morgan fingerprint density at radius 3 is 1.30 bits per heavy atom. The third-order valence-corrected chi connectivity index (χ3v) is 8.57. The topological polar surface area (TPSA) is 274 Å². The van der Waals surface area contributed by atoms with Crippen molar-refractivity contribution in [2.75, 3.05) is 46.8 Å². The van der Waals surface area contributed by atoms with Crippen LogP contribution in [0.15, 0.2) is 179 Å². The van der Waals surface area contributed by atoms with E-state index in [1.807, 2.05) is 0 Å². The number of benzene rings is 5. The smallest absolute Gasteiger partial charge is 0.342 e. The summed E-state index contributed by atoms with van der Waals surface area (Å²) in [5.41, 5.74) is 0.254. The lowest BCUT2D eigenvalue weighted by Gasteiger charge is -2.08. The van der Waals surface area contributed by atoms with Crippen molar-refractivity contribution in [2.24, 2.45) is 0 Å². The van der Waals surface area contributed by atoms with Gasteiger partial charge in [0, 0.05) is 23.2 Å². The quantitative estimate of drug-likeness (QED) is 0.0193. The minimum Gasteiger partial charge on any atom is -0.497 e. The molecule has 0 saturated carbocycles. The van der Waals surface area contributed by atoms with Gasteiger partial charge in [-0.3, -0.25) is 10.1 Å². The first-order valence-corrected chi connectivity index (χ1v) is 21.7. The van der Waals surface area contributed by atoms with E-state index in [0.29, 0.717) is 41.0 Å². The van der Waals surface area contributed by atoms with Crippen molar-refractivity contribution in [2.45, 2.75) is 0 Å². The zero-order valence-electron chi connectivity index (χ0n) is 40.1. The molecule has 0 spiro atoms. The fraction of sp³-hybridized carbons (Fsp3) is 0.130. The maximum absolute atomic E-state index is 11.6. The van der Waals surface area contributed by atoms with Crippen molar-refractivity contribution in [3.8, 4) is 34.5 Å². The normalized spacial score (nSPS) is 9.38. The van der Waals surface area contributed by atoms with Crippen LogP contribution in [0, 0.1) is 10.1 Å². The highest BCUT2D eigenvalue weighted by Crippen LogP contribution is 2.27. The maximum Gasteiger partial charge on any atom is 0.342 e. The summed E-state index contributed by atoms with van der Waals surface area (Å²) in [5, 5.41) is 46.2. The van der Waals surface area contributed by atoms with Gasteiger partial charge in [0.1, 0.15) is 102 Å². The number of nitrogens with zero attached hydrogens (tertiary/aromatic N) is 1. The molecule has 0 aliphatic rings. The van der Waals surface area contributed by atoms with E-state index in [-0.39, 0.29) is 71.6 Å². The highest BCUT2D eigenvalue weighted by molar-refractivity contribution is 6.30. The first kappa shape index (κ1) is 62.4. The number of hydrogen-bond donors (Lipinski definition) is 4. The van der Waals surface area contributed by atoms with E-state index in [2.05, 4.69) is 39.5 Å². The second kappa shape index (κ2) is 35.5. The first-order chi connectivity index (χ1) is 35.4. The Balaban J connectivity index is 0.000000463. The first-order valence-electron chi connectivity index (χ1n) is 21.3. The number of para-hydroxylation sites is 2. The van der Waals surface area contributed by atoms with Crippen LogP contribution in [-0.2, 0) is 4.74 Å². The van der Waals surface area contributed by atoms with E-state index < -0.39 is 34.8 Å². The fourth-order valence-electron chi connectivity index (χ4n) is 5.13. The number of carbonyl (C=O) groups is 5. The number of rotatable bonds is 24. The van der Waals surface area contributed by atoms with Gasteiger partial charge in [-0.25, -0.2) is 24.0 Å². The van der Waals surface area contributed by atoms with Gasteiger partial charge in [0.05, 0.1) is 12.0 Å². The lowest BCUT2D eigenvalue weighted by molar-refractivity contribution is -0.384. The number of ether oxygens (including phenoxy) is 7. The zero-order valence-corrected chi connectivity index (χ0v) is 40.8. The van der Waals surface area contributed by atoms with Gasteiger partial charge < -0.3 is 53.6 Å². The molecule has 0 aromatic heterocycles. The number of aromatic carboxylic acids is 4. The molecule has 0 aliphatic carbocycles. The van der Waals surface area contributed by atoms with Crippen LogP contribution in [0.4, 0.5) is 5.69 Å². The summed E-state index contributed by atoms with van der Waals surface area (Å²) in [6.45, 7) is 22.4. The molecule has 0 amide bonds. The molecule has 4 N–H and O–H groups in total. The van der Waals surface area contributed by atoms with Gasteiger partial charge in [-0.05, 0) is 60.7 Å². The van der Waals surface area contributed by atoms with Crippen molar-refractivity contribution >= 4 is 47.1 Å². The van der Waals surface area contributed by atoms with Crippen LogP contribution in [0.3, 0.4) is 0 Å². The number of hydrogen-bond acceptors (Lipinski definition) is 14. The Morgan fingerprint density at radius 1 is 0.486 bits per heavy atom. The molecule has 0 heterocycles. The third-order valence-electron chi connectivity index (χ3n) is 8.34. The molecule has 0 saturated heterocycles. The zero-order chi connectivity index (χ0) is 55.4. The van der Waals surface area contributed by atoms with Gasteiger partial charge in [0.25, 0.3) is 5.69 Å². The van der Waals surface area contributed by atoms with Gasteiger partial charge in [-0.1, -0.05) is 112 Å². The molecule has 0 atom stereocenters. The molecule has 0 fully saturated rings. The Hall–Kier alpha value is -9.62. The van der Waals surface area contributed by atoms with Crippen molar-refractivity contribution < 1.29 is 82.5 Å². The third kappa shape index (κ3) is 22.9. The summed E-state index contributed by atoms with van der Waals surface area (Å²) in [5.74, 6) is -2.71. The van der Waals surface area contributed by atoms with Crippen LogP contribution in [0.2, 0.25) is 5.02 Å². The van der Waals surface area contributed by atoms with Gasteiger partial charge in [-0.2, -0.15) is 0 Å². The second-order valence-corrected chi connectivity index (χ2v) is 14.0. The lowest BCUT2D eigenvalue weighted by atomic mass is 10.2. The molecule has 20 heteroatoms. The minimum absolute atomic E-state index is 0.0815. The van der Waals surface area contributed by atoms with Gasteiger partial charge >= 0.3 is 29.8 Å². The molecule has 0 aliphatic heterocycles. The molecular formula is C54H54ClNO18. The minimum atomic E-state index is -1.28. The number of carboxylic acid groups (broad SMARTS) is 4. The fourth-order valence-corrected chi connectivity index (χ4v) is 5.29. The molecule has 0 bridgehead atoms. The van der Waals surface area contributed by atoms with Gasteiger partial charge in [0.2, 0.25) is 0 Å². The summed E-state index contributed by atoms with van der Waals surface area (Å²) in [4.78, 5) is 64.5. The van der Waals surface area contributed by atoms with Crippen LogP contribution in [-0.4, -0.2) is 102 Å². The monoisotopic (exact) mass is 1040 g/mol. The number of carbonyl (C=O) groups excluding carboxylic acids is 1. The van der Waals surface area contributed by atoms with Crippen molar-refractivity contribution in [1.82, 2.24) is 0 Å². The van der Waals surface area contributed by atoms with E-state index in [4.69, 9.17) is 65.2 Å². The largest absolute Gasteiger partial charge is 0.497 e. The Morgan fingerprint density at radius 2 is 0.865 bits per heavy atom. The van der Waals surface area contributed by atoms with E-state index in [1.54, 1.807) is 66.8 Å². The summed E-state index contributed by atoms with van der Waals surface area (Å²) in [6.07, 6.45) is 9.24. The maximum atomic E-state index is 11.6. The van der Waals surface area contributed by atoms with Crippen LogP contribution in [0.5, 0.6) is 34.5 Å². The molecule has 74 heavy (non-hydrogen) atoms. The molecule has 390 valence electrons. The van der Waals surface area contributed by atoms with Crippen LogP contribution < -0.4 is 28.4 Å². The lowest BCUT2D eigenvalue weighted by Crippen LogP contribution is -2.08. The molecule has 5 rings (SSSR count). The number of nitro groups is 1. The summed E-state index contributed by atoms with van der Waals surface area (Å²) >= 11 is 5.70. The molecule has 0 unspecified atom stereocenters. The van der Waals surface area contributed by atoms with Crippen LogP contribution >= 0.6 is 11.6 Å². The van der Waals surface area contributed by atoms with E-state index in [9.17, 15) is 34.1 Å². The van der Waals surface area contributed by atoms with E-state index >= 15 is 0 Å². The van der Waals surface area contributed by atoms with Crippen molar-refractivity contribution in [3.63, 3.8) is 0 Å². The molecule has 5 aromatic carbocycles. The van der Waals surface area contributed by atoms with Crippen LogP contribution in [0.25, 0.3) is 0 Å². The second-order valence-electron chi connectivity index (χ2n) is 13.5. The van der Waals surface area contributed by atoms with Crippen molar-refractivity contribution in [1.29, 1.82) is 0 Å².